The van der Waals surface area contributed by atoms with Crippen LogP contribution >= 0.6 is 12.4 Å². The van der Waals surface area contributed by atoms with Gasteiger partial charge >= 0.3 is 0 Å². The summed E-state index contributed by atoms with van der Waals surface area (Å²) in [6, 6.07) is 7.26. The Morgan fingerprint density at radius 2 is 2.18 bits per heavy atom. The second kappa shape index (κ2) is 6.91. The number of aryl methyl sites for hydroxylation is 1. The highest BCUT2D eigenvalue weighted by atomic mass is 35.5. The van der Waals surface area contributed by atoms with E-state index in [0.29, 0.717) is 16.8 Å². The number of halogens is 1. The van der Waals surface area contributed by atoms with Crippen molar-refractivity contribution < 1.29 is 8.42 Å². The van der Waals surface area contributed by atoms with E-state index < -0.39 is 10.0 Å². The Bertz CT molecular complexity index is 758. The van der Waals surface area contributed by atoms with Crippen molar-refractivity contribution in [3.8, 4) is 0 Å². The fourth-order valence-electron chi connectivity index (χ4n) is 2.74. The van der Waals surface area contributed by atoms with E-state index in [9.17, 15) is 8.42 Å². The Morgan fingerprint density at radius 3 is 2.91 bits per heavy atom. The molecule has 1 aromatic heterocycles. The first kappa shape index (κ1) is 17.1. The molecule has 1 aliphatic heterocycles. The minimum absolute atomic E-state index is 0. The first-order valence-corrected chi connectivity index (χ1v) is 8.63. The van der Waals surface area contributed by atoms with E-state index in [1.54, 1.807) is 30.5 Å². The summed E-state index contributed by atoms with van der Waals surface area (Å²) >= 11 is 0. The zero-order valence-electron chi connectivity index (χ0n) is 12.4. The number of nitrogens with one attached hydrogen (secondary N) is 2. The molecule has 2 aromatic rings. The van der Waals surface area contributed by atoms with Crippen LogP contribution < -0.4 is 10.0 Å². The molecule has 1 unspecified atom stereocenters. The molecule has 2 heterocycles. The lowest BCUT2D eigenvalue weighted by Crippen LogP contribution is -2.37. The molecular weight excluding hydrogens is 322 g/mol. The zero-order chi connectivity index (χ0) is 14.9. The van der Waals surface area contributed by atoms with Gasteiger partial charge in [-0.3, -0.25) is 4.98 Å². The SMILES string of the molecule is Cc1ccc(S(=O)(=O)NCC2CCCN2)c2cccnc12.Cl. The summed E-state index contributed by atoms with van der Waals surface area (Å²) in [4.78, 5) is 4.59. The fourth-order valence-corrected chi connectivity index (χ4v) is 4.02. The molecule has 7 heteroatoms. The van der Waals surface area contributed by atoms with Gasteiger partial charge in [-0.1, -0.05) is 6.07 Å². The summed E-state index contributed by atoms with van der Waals surface area (Å²) in [6.07, 6.45) is 3.80. The molecule has 1 saturated heterocycles. The molecule has 120 valence electrons. The number of pyridine rings is 1. The largest absolute Gasteiger partial charge is 0.313 e. The van der Waals surface area contributed by atoms with Gasteiger partial charge in [0.2, 0.25) is 10.0 Å². The van der Waals surface area contributed by atoms with Crippen molar-refractivity contribution >= 4 is 33.3 Å². The summed E-state index contributed by atoms with van der Waals surface area (Å²) < 4.78 is 27.8. The number of hydrogen-bond acceptors (Lipinski definition) is 4. The molecule has 0 bridgehead atoms. The first-order chi connectivity index (χ1) is 10.1. The highest BCUT2D eigenvalue weighted by Gasteiger charge is 2.21. The number of nitrogens with zero attached hydrogens (tertiary/aromatic N) is 1. The van der Waals surface area contributed by atoms with Gasteiger partial charge in [-0.05, 0) is 50.1 Å². The van der Waals surface area contributed by atoms with Gasteiger partial charge in [-0.25, -0.2) is 13.1 Å². The van der Waals surface area contributed by atoms with Gasteiger partial charge in [-0.15, -0.1) is 12.4 Å². The standard InChI is InChI=1S/C15H19N3O2S.ClH/c1-11-6-7-14(13-5-3-9-17-15(11)13)21(19,20)18-10-12-4-2-8-16-12;/h3,5-7,9,12,16,18H,2,4,8,10H2,1H3;1H. The maximum Gasteiger partial charge on any atom is 0.241 e. The van der Waals surface area contributed by atoms with Gasteiger partial charge in [0.1, 0.15) is 0 Å². The molecule has 1 fully saturated rings. The Hall–Kier alpha value is -1.21. The van der Waals surface area contributed by atoms with Crippen molar-refractivity contribution in [1.82, 2.24) is 15.0 Å². The smallest absolute Gasteiger partial charge is 0.241 e. The van der Waals surface area contributed by atoms with Crippen molar-refractivity contribution in [2.45, 2.75) is 30.7 Å². The molecule has 5 nitrogen and oxygen atoms in total. The van der Waals surface area contributed by atoms with E-state index in [1.807, 2.05) is 6.92 Å². The quantitative estimate of drug-likeness (QED) is 0.892. The molecule has 3 rings (SSSR count). The Balaban J connectivity index is 0.00000176. The molecule has 0 aliphatic carbocycles. The number of fused-ring (bicyclic) bond motifs is 1. The number of hydrogen-bond donors (Lipinski definition) is 2. The van der Waals surface area contributed by atoms with E-state index in [2.05, 4.69) is 15.0 Å². The zero-order valence-corrected chi connectivity index (χ0v) is 14.0. The third-order valence-electron chi connectivity index (χ3n) is 3.90. The number of aromatic nitrogens is 1. The van der Waals surface area contributed by atoms with Crippen LogP contribution in [-0.4, -0.2) is 32.5 Å². The van der Waals surface area contributed by atoms with E-state index in [4.69, 9.17) is 0 Å². The summed E-state index contributed by atoms with van der Waals surface area (Å²) in [5.41, 5.74) is 1.71. The molecule has 1 atom stereocenters. The molecule has 0 amide bonds. The highest BCUT2D eigenvalue weighted by molar-refractivity contribution is 7.89. The van der Waals surface area contributed by atoms with Gasteiger partial charge in [0.05, 0.1) is 10.4 Å². The van der Waals surface area contributed by atoms with E-state index in [1.165, 1.54) is 0 Å². The Kier molecular flexibility index (Phi) is 5.39. The van der Waals surface area contributed by atoms with Gasteiger partial charge in [0, 0.05) is 24.2 Å². The third-order valence-corrected chi connectivity index (χ3v) is 5.38. The minimum atomic E-state index is -3.52. The third kappa shape index (κ3) is 3.41. The van der Waals surface area contributed by atoms with Gasteiger partial charge < -0.3 is 5.32 Å². The summed E-state index contributed by atoms with van der Waals surface area (Å²) in [5, 5.41) is 3.96. The van der Waals surface area contributed by atoms with Crippen molar-refractivity contribution in [1.29, 1.82) is 0 Å². The van der Waals surface area contributed by atoms with Crippen LogP contribution in [0.1, 0.15) is 18.4 Å². The Labute approximate surface area is 137 Å². The van der Waals surface area contributed by atoms with Crippen molar-refractivity contribution in [2.24, 2.45) is 0 Å². The van der Waals surface area contributed by atoms with Crippen molar-refractivity contribution in [3.63, 3.8) is 0 Å². The maximum atomic E-state index is 12.5. The summed E-state index contributed by atoms with van der Waals surface area (Å²) in [5.74, 6) is 0. The van der Waals surface area contributed by atoms with Crippen molar-refractivity contribution in [2.75, 3.05) is 13.1 Å². The lowest BCUT2D eigenvalue weighted by molar-refractivity contribution is 0.552. The molecular formula is C15H20ClN3O2S. The van der Waals surface area contributed by atoms with Crippen molar-refractivity contribution in [3.05, 3.63) is 36.0 Å². The Morgan fingerprint density at radius 1 is 1.36 bits per heavy atom. The van der Waals surface area contributed by atoms with Crippen LogP contribution in [0, 0.1) is 6.92 Å². The van der Waals surface area contributed by atoms with Crippen LogP contribution in [0.3, 0.4) is 0 Å². The molecule has 1 aromatic carbocycles. The predicted octanol–water partition coefficient (Wildman–Crippen LogP) is 2.00. The van der Waals surface area contributed by atoms with Crippen LogP contribution in [0.5, 0.6) is 0 Å². The average Bonchev–Trinajstić information content (AvgIpc) is 2.99. The molecule has 22 heavy (non-hydrogen) atoms. The van der Waals surface area contributed by atoms with Crippen LogP contribution in [0.25, 0.3) is 10.9 Å². The minimum Gasteiger partial charge on any atom is -0.313 e. The van der Waals surface area contributed by atoms with Crippen LogP contribution in [0.4, 0.5) is 0 Å². The van der Waals surface area contributed by atoms with Gasteiger partial charge in [0.25, 0.3) is 0 Å². The molecule has 0 radical (unpaired) electrons. The first-order valence-electron chi connectivity index (χ1n) is 7.15. The lowest BCUT2D eigenvalue weighted by Gasteiger charge is -2.13. The van der Waals surface area contributed by atoms with Crippen LogP contribution in [-0.2, 0) is 10.0 Å². The van der Waals surface area contributed by atoms with E-state index in [-0.39, 0.29) is 18.4 Å². The normalized spacial score (nSPS) is 18.3. The number of rotatable bonds is 4. The average molecular weight is 342 g/mol. The highest BCUT2D eigenvalue weighted by Crippen LogP contribution is 2.24. The van der Waals surface area contributed by atoms with Crippen LogP contribution in [0.2, 0.25) is 0 Å². The molecule has 0 saturated carbocycles. The van der Waals surface area contributed by atoms with E-state index >= 15 is 0 Å². The second-order valence-corrected chi connectivity index (χ2v) is 7.16. The predicted molar refractivity (Wildman–Crippen MR) is 89.9 cm³/mol. The topological polar surface area (TPSA) is 71.1 Å². The monoisotopic (exact) mass is 341 g/mol. The summed E-state index contributed by atoms with van der Waals surface area (Å²) in [7, 11) is -3.52. The maximum absolute atomic E-state index is 12.5. The number of sulfonamides is 1. The van der Waals surface area contributed by atoms with Gasteiger partial charge in [0.15, 0.2) is 0 Å². The molecule has 0 spiro atoms. The molecule has 2 N–H and O–H groups in total. The molecule has 1 aliphatic rings. The van der Waals surface area contributed by atoms with E-state index in [0.717, 1.165) is 30.5 Å². The summed E-state index contributed by atoms with van der Waals surface area (Å²) in [6.45, 7) is 3.32. The van der Waals surface area contributed by atoms with Crippen LogP contribution in [0.15, 0.2) is 35.4 Å². The fraction of sp³-hybridized carbons (Fsp3) is 0.400. The number of benzene rings is 1. The van der Waals surface area contributed by atoms with Gasteiger partial charge in [-0.2, -0.15) is 0 Å². The second-order valence-electron chi connectivity index (χ2n) is 5.43. The lowest BCUT2D eigenvalue weighted by atomic mass is 10.1.